The van der Waals surface area contributed by atoms with E-state index < -0.39 is 15.1 Å². The molecule has 9 nitrogen and oxygen atoms in total. The molecule has 0 bridgehead atoms. The molecule has 7 rings (SSSR count). The Bertz CT molecular complexity index is 1850. The zero-order valence-electron chi connectivity index (χ0n) is 29.8. The highest BCUT2D eigenvalue weighted by Crippen LogP contribution is 2.50. The molecule has 3 aromatic rings. The fourth-order valence-corrected chi connectivity index (χ4v) is 8.98. The fourth-order valence-electron chi connectivity index (χ4n) is 7.64. The van der Waals surface area contributed by atoms with Gasteiger partial charge in [0, 0.05) is 31.3 Å². The van der Waals surface area contributed by atoms with E-state index in [9.17, 15) is 8.42 Å². The Morgan fingerprint density at radius 3 is 2.36 bits per heavy atom. The van der Waals surface area contributed by atoms with Crippen molar-refractivity contribution in [2.45, 2.75) is 114 Å². The van der Waals surface area contributed by atoms with Crippen molar-refractivity contribution in [2.24, 2.45) is 11.8 Å². The number of hydrogen-bond acceptors (Lipinski definition) is 9. The largest absolute Gasteiger partial charge is 0.489 e. The average molecular weight is 720 g/mol. The summed E-state index contributed by atoms with van der Waals surface area (Å²) in [7, 11) is -3.55. The van der Waals surface area contributed by atoms with Crippen LogP contribution in [0.25, 0.3) is 5.57 Å². The van der Waals surface area contributed by atoms with Gasteiger partial charge in [0.05, 0.1) is 33.8 Å². The van der Waals surface area contributed by atoms with Gasteiger partial charge in [-0.3, -0.25) is 4.90 Å². The van der Waals surface area contributed by atoms with E-state index in [0.29, 0.717) is 35.6 Å². The van der Waals surface area contributed by atoms with E-state index in [1.165, 1.54) is 48.6 Å². The van der Waals surface area contributed by atoms with Crippen molar-refractivity contribution in [3.63, 3.8) is 0 Å². The molecule has 2 aliphatic heterocycles. The molecule has 0 unspecified atom stereocenters. The first-order chi connectivity index (χ1) is 24.0. The van der Waals surface area contributed by atoms with Crippen molar-refractivity contribution in [1.82, 2.24) is 14.9 Å². The van der Waals surface area contributed by atoms with Gasteiger partial charge in [-0.25, -0.2) is 13.4 Å². The minimum absolute atomic E-state index is 0.0448. The van der Waals surface area contributed by atoms with Crippen molar-refractivity contribution in [2.75, 3.05) is 23.8 Å². The normalized spacial score (nSPS) is 22.1. The molecule has 2 N–H and O–H groups in total. The van der Waals surface area contributed by atoms with Crippen LogP contribution in [-0.4, -0.2) is 66.0 Å². The Morgan fingerprint density at radius 2 is 1.68 bits per heavy atom. The second-order valence-electron chi connectivity index (χ2n) is 15.0. The molecule has 2 aromatic carbocycles. The molecule has 50 heavy (non-hydrogen) atoms. The number of benzene rings is 2. The molecule has 3 fully saturated rings. The SMILES string of the molecule is Cc1cc(Nc2ncc(Cl)c(Nc3ccccc3S(=O)(=O)C(C)C)n2)c(OC(C)C)cc1C1=C[C@H](C2CC2)N(C2CCOCC2)[C@H](C2CC2)C1. The van der Waals surface area contributed by atoms with Crippen LogP contribution < -0.4 is 15.4 Å². The van der Waals surface area contributed by atoms with Gasteiger partial charge in [-0.1, -0.05) is 29.8 Å². The minimum Gasteiger partial charge on any atom is -0.489 e. The summed E-state index contributed by atoms with van der Waals surface area (Å²) in [6.45, 7) is 11.3. The van der Waals surface area contributed by atoms with Crippen molar-refractivity contribution in [3.05, 3.63) is 64.8 Å². The Balaban J connectivity index is 1.20. The molecule has 0 spiro atoms. The summed E-state index contributed by atoms with van der Waals surface area (Å²) in [5, 5.41) is 6.23. The lowest BCUT2D eigenvalue weighted by Gasteiger charge is -2.48. The summed E-state index contributed by atoms with van der Waals surface area (Å²) >= 11 is 6.54. The van der Waals surface area contributed by atoms with Gasteiger partial charge in [0.1, 0.15) is 10.8 Å². The van der Waals surface area contributed by atoms with Crippen LogP contribution in [-0.2, 0) is 14.6 Å². The predicted octanol–water partition coefficient (Wildman–Crippen LogP) is 8.72. The van der Waals surface area contributed by atoms with E-state index in [4.69, 9.17) is 21.1 Å². The molecule has 4 aliphatic rings. The zero-order valence-corrected chi connectivity index (χ0v) is 31.4. The molecule has 3 heterocycles. The number of nitrogens with zero attached hydrogens (tertiary/aromatic N) is 3. The highest BCUT2D eigenvalue weighted by Gasteiger charge is 2.47. The number of halogens is 1. The summed E-state index contributed by atoms with van der Waals surface area (Å²) in [6, 6.07) is 12.8. The number of aromatic nitrogens is 2. The van der Waals surface area contributed by atoms with Gasteiger partial charge in [-0.2, -0.15) is 4.98 Å². The number of nitrogens with one attached hydrogen (secondary N) is 2. The zero-order chi connectivity index (χ0) is 35.2. The van der Waals surface area contributed by atoms with E-state index in [-0.39, 0.29) is 16.0 Å². The standard InChI is InChI=1S/C39H50ClN5O4S/c1-23(2)49-36-21-30(28-19-34(26-10-11-26)45(29-14-16-48-17-15-29)35(20-28)27-12-13-27)25(5)18-33(36)43-39-41-22-31(40)38(44-39)42-32-8-6-7-9-37(32)50(46,47)24(3)4/h6-9,18-19,21-24,26-27,29,34-35H,10-17,20H2,1-5H3,(H2,41,42,43,44)/t34-,35+/m1/s1. The Hall–Kier alpha value is -3.18. The molecule has 1 aromatic heterocycles. The topological polar surface area (TPSA) is 106 Å². The second-order valence-corrected chi connectivity index (χ2v) is 17.9. The lowest BCUT2D eigenvalue weighted by atomic mass is 9.83. The van der Waals surface area contributed by atoms with Crippen LogP contribution in [0.3, 0.4) is 0 Å². The van der Waals surface area contributed by atoms with E-state index >= 15 is 0 Å². The van der Waals surface area contributed by atoms with Gasteiger partial charge in [-0.15, -0.1) is 0 Å². The van der Waals surface area contributed by atoms with E-state index in [1.807, 2.05) is 13.8 Å². The maximum Gasteiger partial charge on any atom is 0.229 e. The third kappa shape index (κ3) is 7.54. The number of para-hydroxylation sites is 1. The van der Waals surface area contributed by atoms with Gasteiger partial charge < -0.3 is 20.1 Å². The van der Waals surface area contributed by atoms with Crippen LogP contribution in [0.5, 0.6) is 5.75 Å². The molecule has 1 saturated heterocycles. The Kier molecular flexibility index (Phi) is 10.2. The number of ether oxygens (including phenoxy) is 2. The van der Waals surface area contributed by atoms with Gasteiger partial charge >= 0.3 is 0 Å². The third-order valence-electron chi connectivity index (χ3n) is 10.5. The molecule has 11 heteroatoms. The first-order valence-electron chi connectivity index (χ1n) is 18.3. The summed E-state index contributed by atoms with van der Waals surface area (Å²) in [5.74, 6) is 2.87. The number of sulfone groups is 1. The molecular weight excluding hydrogens is 670 g/mol. The van der Waals surface area contributed by atoms with Gasteiger partial charge in [0.2, 0.25) is 5.95 Å². The van der Waals surface area contributed by atoms with E-state index in [2.05, 4.69) is 50.6 Å². The number of anilines is 4. The maximum atomic E-state index is 13.1. The van der Waals surface area contributed by atoms with Crippen LogP contribution in [0.15, 0.2) is 53.6 Å². The Morgan fingerprint density at radius 1 is 0.960 bits per heavy atom. The summed E-state index contributed by atoms with van der Waals surface area (Å²) in [6.07, 6.45) is 12.7. The minimum atomic E-state index is -3.55. The molecular formula is C39H50ClN5O4S. The van der Waals surface area contributed by atoms with Gasteiger partial charge in [-0.05, 0) is 132 Å². The van der Waals surface area contributed by atoms with E-state index in [0.717, 1.165) is 55.7 Å². The fraction of sp³-hybridized carbons (Fsp3) is 0.538. The summed E-state index contributed by atoms with van der Waals surface area (Å²) in [4.78, 5) is 12.3. The highest BCUT2D eigenvalue weighted by molar-refractivity contribution is 7.92. The van der Waals surface area contributed by atoms with Gasteiger partial charge in [0.25, 0.3) is 0 Å². The first-order valence-corrected chi connectivity index (χ1v) is 20.2. The Labute approximate surface area is 302 Å². The van der Waals surface area contributed by atoms with Crippen molar-refractivity contribution in [3.8, 4) is 5.75 Å². The van der Waals surface area contributed by atoms with E-state index in [1.54, 1.807) is 38.1 Å². The molecule has 2 aliphatic carbocycles. The number of hydrogen-bond donors (Lipinski definition) is 2. The second kappa shape index (κ2) is 14.4. The maximum absolute atomic E-state index is 13.1. The summed E-state index contributed by atoms with van der Waals surface area (Å²) < 4.78 is 38.4. The van der Waals surface area contributed by atoms with Crippen LogP contribution in [0, 0.1) is 18.8 Å². The lowest BCUT2D eigenvalue weighted by molar-refractivity contribution is -0.00698. The van der Waals surface area contributed by atoms with Crippen LogP contribution >= 0.6 is 11.6 Å². The molecule has 2 saturated carbocycles. The predicted molar refractivity (Wildman–Crippen MR) is 201 cm³/mol. The van der Waals surface area contributed by atoms with Crippen LogP contribution in [0.4, 0.5) is 23.1 Å². The van der Waals surface area contributed by atoms with Crippen molar-refractivity contribution in [1.29, 1.82) is 0 Å². The quantitative estimate of drug-likeness (QED) is 0.190. The smallest absolute Gasteiger partial charge is 0.229 e. The molecule has 0 amide bonds. The van der Waals surface area contributed by atoms with Crippen molar-refractivity contribution >= 4 is 50.2 Å². The molecule has 268 valence electrons. The molecule has 0 radical (unpaired) electrons. The number of aryl methyl sites for hydroxylation is 1. The average Bonchev–Trinajstić information content (AvgIpc) is 4.01. The van der Waals surface area contributed by atoms with Gasteiger partial charge in [0.15, 0.2) is 15.7 Å². The monoisotopic (exact) mass is 719 g/mol. The third-order valence-corrected chi connectivity index (χ3v) is 13.0. The highest BCUT2D eigenvalue weighted by atomic mass is 35.5. The summed E-state index contributed by atoms with van der Waals surface area (Å²) in [5.41, 5.74) is 5.01. The lowest BCUT2D eigenvalue weighted by Crippen LogP contribution is -2.54. The number of rotatable bonds is 12. The molecule has 2 atom stereocenters. The first kappa shape index (κ1) is 35.2. The van der Waals surface area contributed by atoms with Crippen LogP contribution in [0.2, 0.25) is 5.02 Å². The van der Waals surface area contributed by atoms with Crippen molar-refractivity contribution < 1.29 is 17.9 Å². The van der Waals surface area contributed by atoms with Crippen LogP contribution in [0.1, 0.15) is 83.8 Å².